The lowest BCUT2D eigenvalue weighted by molar-refractivity contribution is -0.113. The number of benzene rings is 3. The summed E-state index contributed by atoms with van der Waals surface area (Å²) in [5.41, 5.74) is 2.34. The molecule has 1 heterocycles. The number of halogens is 1. The van der Waals surface area contributed by atoms with Crippen molar-refractivity contribution in [2.75, 3.05) is 11.1 Å². The van der Waals surface area contributed by atoms with Crippen molar-refractivity contribution in [1.29, 1.82) is 0 Å². The van der Waals surface area contributed by atoms with Crippen LogP contribution in [0.1, 0.15) is 0 Å². The van der Waals surface area contributed by atoms with Gasteiger partial charge in [-0.15, -0.1) is 10.2 Å². The van der Waals surface area contributed by atoms with E-state index in [0.29, 0.717) is 11.0 Å². The third-order valence-corrected chi connectivity index (χ3v) is 5.07. The molecule has 0 atom stereocenters. The normalized spacial score (nSPS) is 10.7. The smallest absolute Gasteiger partial charge is 0.234 e. The molecule has 0 radical (unpaired) electrons. The average Bonchev–Trinajstić information content (AvgIpc) is 3.18. The molecule has 4 aromatic rings. The number of hydrogen-bond acceptors (Lipinski definition) is 4. The lowest BCUT2D eigenvalue weighted by Crippen LogP contribution is -2.14. The monoisotopic (exact) mass is 404 g/mol. The molecule has 0 spiro atoms. The number of amides is 1. The number of thioether (sulfide) groups is 1. The first-order valence-electron chi connectivity index (χ1n) is 8.95. The second-order valence-corrected chi connectivity index (χ2v) is 7.13. The lowest BCUT2D eigenvalue weighted by atomic mass is 10.2. The van der Waals surface area contributed by atoms with Crippen LogP contribution in [0.3, 0.4) is 0 Å². The first-order valence-corrected chi connectivity index (χ1v) is 9.94. The van der Waals surface area contributed by atoms with Gasteiger partial charge in [-0.25, -0.2) is 4.39 Å². The van der Waals surface area contributed by atoms with Crippen LogP contribution in [0.5, 0.6) is 0 Å². The summed E-state index contributed by atoms with van der Waals surface area (Å²) in [4.78, 5) is 12.3. The molecule has 0 aliphatic rings. The summed E-state index contributed by atoms with van der Waals surface area (Å²) < 4.78 is 15.2. The highest BCUT2D eigenvalue weighted by molar-refractivity contribution is 7.99. The Hall–Kier alpha value is -3.45. The maximum absolute atomic E-state index is 13.4. The van der Waals surface area contributed by atoms with Crippen LogP contribution in [0.2, 0.25) is 0 Å². The quantitative estimate of drug-likeness (QED) is 0.469. The van der Waals surface area contributed by atoms with Crippen LogP contribution in [0, 0.1) is 5.82 Å². The van der Waals surface area contributed by atoms with E-state index in [-0.39, 0.29) is 17.5 Å². The van der Waals surface area contributed by atoms with Crippen molar-refractivity contribution >= 4 is 23.4 Å². The predicted octanol–water partition coefficient (Wildman–Crippen LogP) is 4.80. The van der Waals surface area contributed by atoms with Crippen molar-refractivity contribution in [1.82, 2.24) is 14.8 Å². The van der Waals surface area contributed by atoms with E-state index in [0.717, 1.165) is 16.9 Å². The number of rotatable bonds is 6. The van der Waals surface area contributed by atoms with Gasteiger partial charge in [0.2, 0.25) is 5.91 Å². The number of para-hydroxylation sites is 1. The maximum Gasteiger partial charge on any atom is 0.234 e. The molecule has 0 saturated heterocycles. The molecule has 0 aliphatic carbocycles. The number of carbonyl (C=O) groups excluding carboxylic acids is 1. The third kappa shape index (κ3) is 4.52. The molecule has 144 valence electrons. The molecule has 0 fully saturated rings. The van der Waals surface area contributed by atoms with Gasteiger partial charge < -0.3 is 5.32 Å². The van der Waals surface area contributed by atoms with E-state index in [1.807, 2.05) is 65.2 Å². The van der Waals surface area contributed by atoms with Gasteiger partial charge in [0.1, 0.15) is 5.82 Å². The highest BCUT2D eigenvalue weighted by Crippen LogP contribution is 2.28. The van der Waals surface area contributed by atoms with Crippen LogP contribution in [0.15, 0.2) is 90.1 Å². The molecule has 4 rings (SSSR count). The Morgan fingerprint density at radius 3 is 2.24 bits per heavy atom. The molecule has 0 bridgehead atoms. The summed E-state index contributed by atoms with van der Waals surface area (Å²) in [6, 6.07) is 25.0. The molecule has 0 aliphatic heterocycles. The van der Waals surface area contributed by atoms with Gasteiger partial charge in [-0.3, -0.25) is 9.36 Å². The molecule has 0 saturated carbocycles. The standard InChI is InChI=1S/C22H17FN4OS/c23-17-11-13-19(14-12-17)27-21(16-7-3-1-4-8-16)25-26-22(27)29-15-20(28)24-18-9-5-2-6-10-18/h1-14H,15H2,(H,24,28). The minimum Gasteiger partial charge on any atom is -0.325 e. The predicted molar refractivity (Wildman–Crippen MR) is 113 cm³/mol. The number of aromatic nitrogens is 3. The van der Waals surface area contributed by atoms with Crippen LogP contribution >= 0.6 is 11.8 Å². The van der Waals surface area contributed by atoms with Crippen LogP contribution < -0.4 is 5.32 Å². The number of carbonyl (C=O) groups is 1. The number of anilines is 1. The maximum atomic E-state index is 13.4. The first kappa shape index (κ1) is 18.9. The van der Waals surface area contributed by atoms with Crippen molar-refractivity contribution in [2.24, 2.45) is 0 Å². The minimum atomic E-state index is -0.320. The van der Waals surface area contributed by atoms with Gasteiger partial charge in [-0.2, -0.15) is 0 Å². The average molecular weight is 404 g/mol. The van der Waals surface area contributed by atoms with Crippen molar-refractivity contribution in [3.8, 4) is 17.1 Å². The van der Waals surface area contributed by atoms with Crippen LogP contribution in [-0.2, 0) is 4.79 Å². The van der Waals surface area contributed by atoms with Gasteiger partial charge in [-0.1, -0.05) is 60.3 Å². The van der Waals surface area contributed by atoms with E-state index in [9.17, 15) is 9.18 Å². The largest absolute Gasteiger partial charge is 0.325 e. The topological polar surface area (TPSA) is 59.8 Å². The molecule has 1 amide bonds. The van der Waals surface area contributed by atoms with Crippen molar-refractivity contribution < 1.29 is 9.18 Å². The van der Waals surface area contributed by atoms with Gasteiger partial charge in [0.25, 0.3) is 0 Å². The van der Waals surface area contributed by atoms with Crippen molar-refractivity contribution in [2.45, 2.75) is 5.16 Å². The molecule has 3 aromatic carbocycles. The van der Waals surface area contributed by atoms with Crippen LogP contribution in [0.4, 0.5) is 10.1 Å². The van der Waals surface area contributed by atoms with Gasteiger partial charge >= 0.3 is 0 Å². The van der Waals surface area contributed by atoms with Gasteiger partial charge in [0.15, 0.2) is 11.0 Å². The molecule has 29 heavy (non-hydrogen) atoms. The fraction of sp³-hybridized carbons (Fsp3) is 0.0455. The Bertz CT molecular complexity index is 1100. The molecule has 1 N–H and O–H groups in total. The van der Waals surface area contributed by atoms with E-state index >= 15 is 0 Å². The van der Waals surface area contributed by atoms with Crippen molar-refractivity contribution in [3.63, 3.8) is 0 Å². The fourth-order valence-corrected chi connectivity index (χ4v) is 3.56. The summed E-state index contributed by atoms with van der Waals surface area (Å²) in [6.45, 7) is 0. The molecular weight excluding hydrogens is 387 g/mol. The summed E-state index contributed by atoms with van der Waals surface area (Å²) in [7, 11) is 0. The van der Waals surface area contributed by atoms with E-state index in [2.05, 4.69) is 15.5 Å². The Balaban J connectivity index is 1.60. The van der Waals surface area contributed by atoms with E-state index in [1.54, 1.807) is 12.1 Å². The zero-order valence-electron chi connectivity index (χ0n) is 15.3. The Morgan fingerprint density at radius 2 is 1.55 bits per heavy atom. The number of hydrogen-bond donors (Lipinski definition) is 1. The Kier molecular flexibility index (Phi) is 5.67. The number of nitrogens with one attached hydrogen (secondary N) is 1. The summed E-state index contributed by atoms with van der Waals surface area (Å²) in [6.07, 6.45) is 0. The minimum absolute atomic E-state index is 0.142. The first-order chi connectivity index (χ1) is 14.2. The molecule has 5 nitrogen and oxygen atoms in total. The molecule has 0 unspecified atom stereocenters. The van der Waals surface area contributed by atoms with Crippen LogP contribution in [0.25, 0.3) is 17.1 Å². The second kappa shape index (κ2) is 8.70. The highest BCUT2D eigenvalue weighted by Gasteiger charge is 2.17. The molecule has 1 aromatic heterocycles. The van der Waals surface area contributed by atoms with Crippen LogP contribution in [-0.4, -0.2) is 26.4 Å². The Morgan fingerprint density at radius 1 is 0.897 bits per heavy atom. The fourth-order valence-electron chi connectivity index (χ4n) is 2.81. The van der Waals surface area contributed by atoms with E-state index in [1.165, 1.54) is 23.9 Å². The van der Waals surface area contributed by atoms with E-state index in [4.69, 9.17) is 0 Å². The van der Waals surface area contributed by atoms with Gasteiger partial charge in [0.05, 0.1) is 5.75 Å². The number of nitrogens with zero attached hydrogens (tertiary/aromatic N) is 3. The zero-order chi connectivity index (χ0) is 20.1. The molecule has 7 heteroatoms. The zero-order valence-corrected chi connectivity index (χ0v) is 16.1. The van der Waals surface area contributed by atoms with Gasteiger partial charge in [-0.05, 0) is 36.4 Å². The third-order valence-electron chi connectivity index (χ3n) is 4.14. The summed E-state index contributed by atoms with van der Waals surface area (Å²) >= 11 is 1.27. The Labute approximate surface area is 171 Å². The summed E-state index contributed by atoms with van der Waals surface area (Å²) in [5, 5.41) is 12.0. The lowest BCUT2D eigenvalue weighted by Gasteiger charge is -2.10. The van der Waals surface area contributed by atoms with Gasteiger partial charge in [0, 0.05) is 16.9 Å². The van der Waals surface area contributed by atoms with E-state index < -0.39 is 0 Å². The second-order valence-electron chi connectivity index (χ2n) is 6.19. The van der Waals surface area contributed by atoms with Crippen molar-refractivity contribution in [3.05, 3.63) is 90.7 Å². The SMILES string of the molecule is O=C(CSc1nnc(-c2ccccc2)n1-c1ccc(F)cc1)Nc1ccccc1. The highest BCUT2D eigenvalue weighted by atomic mass is 32.2. The summed E-state index contributed by atoms with van der Waals surface area (Å²) in [5.74, 6) is 0.335. The molecular formula is C22H17FN4OS.